The van der Waals surface area contributed by atoms with Crippen LogP contribution in [0, 0.1) is 5.41 Å². The summed E-state index contributed by atoms with van der Waals surface area (Å²) < 4.78 is 10.3. The van der Waals surface area contributed by atoms with Gasteiger partial charge in [0.05, 0.1) is 24.9 Å². The van der Waals surface area contributed by atoms with Gasteiger partial charge in [-0.2, -0.15) is 0 Å². The summed E-state index contributed by atoms with van der Waals surface area (Å²) in [6, 6.07) is 2.98. The Kier molecular flexibility index (Phi) is 5.87. The second kappa shape index (κ2) is 7.00. The Hall–Kier alpha value is -1.46. The molecule has 118 valence electrons. The fourth-order valence-electron chi connectivity index (χ4n) is 1.66. The first-order chi connectivity index (χ1) is 9.68. The molecule has 0 aliphatic heterocycles. The minimum absolute atomic E-state index is 0.140. The molecular formula is C15H23ClN2O3. The minimum Gasteiger partial charge on any atom is -0.495 e. The molecule has 0 aliphatic carbocycles. The molecule has 6 heteroatoms. The molecule has 0 saturated heterocycles. The monoisotopic (exact) mass is 314 g/mol. The van der Waals surface area contributed by atoms with Crippen LogP contribution in [0.5, 0.6) is 11.5 Å². The maximum Gasteiger partial charge on any atom is 0.226 e. The number of nitrogens with one attached hydrogen (secondary N) is 1. The lowest BCUT2D eigenvalue weighted by molar-refractivity contribution is -0.117. The summed E-state index contributed by atoms with van der Waals surface area (Å²) in [5.41, 5.74) is 6.37. The smallest absolute Gasteiger partial charge is 0.226 e. The number of ether oxygens (including phenoxy) is 2. The summed E-state index contributed by atoms with van der Waals surface area (Å²) in [5, 5.41) is 3.17. The van der Waals surface area contributed by atoms with Crippen LogP contribution in [0.25, 0.3) is 0 Å². The first-order valence-electron chi connectivity index (χ1n) is 6.66. The van der Waals surface area contributed by atoms with Crippen molar-refractivity contribution in [3.05, 3.63) is 17.2 Å². The zero-order valence-electron chi connectivity index (χ0n) is 13.1. The average Bonchev–Trinajstić information content (AvgIpc) is 2.37. The highest BCUT2D eigenvalue weighted by atomic mass is 35.5. The maximum atomic E-state index is 12.1. The number of hydrogen-bond donors (Lipinski definition) is 2. The van der Waals surface area contributed by atoms with Crippen LogP contribution in [0.2, 0.25) is 5.02 Å². The number of carbonyl (C=O) groups excluding carboxylic acids is 1. The molecule has 0 aliphatic rings. The van der Waals surface area contributed by atoms with Crippen LogP contribution in [-0.4, -0.2) is 26.2 Å². The summed E-state index contributed by atoms with van der Waals surface area (Å²) in [7, 11) is 3.03. The molecule has 1 atom stereocenters. The fourth-order valence-corrected chi connectivity index (χ4v) is 1.91. The van der Waals surface area contributed by atoms with Crippen molar-refractivity contribution in [1.82, 2.24) is 0 Å². The zero-order chi connectivity index (χ0) is 16.2. The summed E-state index contributed by atoms with van der Waals surface area (Å²) in [5.74, 6) is 0.781. The van der Waals surface area contributed by atoms with Gasteiger partial charge in [-0.25, -0.2) is 0 Å². The standard InChI is InChI=1S/C15H23ClN2O3/c1-15(2,3)13(17)8-14(19)18-10-6-9(16)11(20-4)7-12(10)21-5/h6-7,13H,8,17H2,1-5H3,(H,18,19). The molecule has 0 fully saturated rings. The number of carbonyl (C=O) groups is 1. The highest BCUT2D eigenvalue weighted by Crippen LogP contribution is 2.36. The second-order valence-electron chi connectivity index (χ2n) is 5.91. The van der Waals surface area contributed by atoms with Crippen LogP contribution in [0.4, 0.5) is 5.69 Å². The summed E-state index contributed by atoms with van der Waals surface area (Å²) in [4.78, 5) is 12.1. The fraction of sp³-hybridized carbons (Fsp3) is 0.533. The normalized spacial score (nSPS) is 12.7. The number of methoxy groups -OCH3 is 2. The van der Waals surface area contributed by atoms with E-state index in [0.717, 1.165) is 0 Å². The van der Waals surface area contributed by atoms with E-state index >= 15 is 0 Å². The lowest BCUT2D eigenvalue weighted by Crippen LogP contribution is -2.38. The van der Waals surface area contributed by atoms with Gasteiger partial charge in [0.15, 0.2) is 0 Å². The summed E-state index contributed by atoms with van der Waals surface area (Å²) in [6.45, 7) is 5.99. The van der Waals surface area contributed by atoms with E-state index < -0.39 is 0 Å². The van der Waals surface area contributed by atoms with E-state index in [1.807, 2.05) is 20.8 Å². The topological polar surface area (TPSA) is 73.6 Å². The number of anilines is 1. The highest BCUT2D eigenvalue weighted by Gasteiger charge is 2.23. The van der Waals surface area contributed by atoms with Gasteiger partial charge >= 0.3 is 0 Å². The van der Waals surface area contributed by atoms with Crippen LogP contribution in [0.1, 0.15) is 27.2 Å². The van der Waals surface area contributed by atoms with Gasteiger partial charge in [0, 0.05) is 18.5 Å². The third-order valence-electron chi connectivity index (χ3n) is 3.27. The van der Waals surface area contributed by atoms with Gasteiger partial charge in [-0.15, -0.1) is 0 Å². The Labute approximate surface area is 130 Å². The second-order valence-corrected chi connectivity index (χ2v) is 6.32. The molecule has 1 amide bonds. The van der Waals surface area contributed by atoms with Crippen molar-refractivity contribution in [2.45, 2.75) is 33.2 Å². The molecule has 0 aromatic heterocycles. The first kappa shape index (κ1) is 17.6. The Morgan fingerprint density at radius 2 is 1.86 bits per heavy atom. The number of hydrogen-bond acceptors (Lipinski definition) is 4. The van der Waals surface area contributed by atoms with Crippen molar-refractivity contribution < 1.29 is 14.3 Å². The molecule has 3 N–H and O–H groups in total. The van der Waals surface area contributed by atoms with Crippen LogP contribution in [-0.2, 0) is 4.79 Å². The highest BCUT2D eigenvalue weighted by molar-refractivity contribution is 6.32. The number of rotatable bonds is 5. The average molecular weight is 315 g/mol. The minimum atomic E-state index is -0.239. The quantitative estimate of drug-likeness (QED) is 0.876. The van der Waals surface area contributed by atoms with Crippen LogP contribution in [0.15, 0.2) is 12.1 Å². The van der Waals surface area contributed by atoms with Crippen LogP contribution < -0.4 is 20.5 Å². The number of nitrogens with two attached hydrogens (primary N) is 1. The van der Waals surface area contributed by atoms with Gasteiger partial charge in [0.2, 0.25) is 5.91 Å². The molecule has 21 heavy (non-hydrogen) atoms. The van der Waals surface area contributed by atoms with Gasteiger partial charge in [-0.05, 0) is 11.5 Å². The third-order valence-corrected chi connectivity index (χ3v) is 3.56. The lowest BCUT2D eigenvalue weighted by Gasteiger charge is -2.26. The maximum absolute atomic E-state index is 12.1. The molecule has 5 nitrogen and oxygen atoms in total. The van der Waals surface area contributed by atoms with E-state index in [2.05, 4.69) is 5.32 Å². The largest absolute Gasteiger partial charge is 0.495 e. The molecular weight excluding hydrogens is 292 g/mol. The van der Waals surface area contributed by atoms with Crippen molar-refractivity contribution >= 4 is 23.2 Å². The zero-order valence-corrected chi connectivity index (χ0v) is 13.9. The predicted octanol–water partition coefficient (Wildman–Crippen LogP) is 3.06. The van der Waals surface area contributed by atoms with Gasteiger partial charge in [-0.3, -0.25) is 4.79 Å². The van der Waals surface area contributed by atoms with Crippen molar-refractivity contribution in [3.63, 3.8) is 0 Å². The molecule has 0 saturated carbocycles. The van der Waals surface area contributed by atoms with Gasteiger partial charge < -0.3 is 20.5 Å². The lowest BCUT2D eigenvalue weighted by atomic mass is 9.85. The van der Waals surface area contributed by atoms with Crippen molar-refractivity contribution in [2.75, 3.05) is 19.5 Å². The number of halogens is 1. The van der Waals surface area contributed by atoms with Crippen LogP contribution in [0.3, 0.4) is 0 Å². The van der Waals surface area contributed by atoms with Crippen LogP contribution >= 0.6 is 11.6 Å². The predicted molar refractivity (Wildman–Crippen MR) is 85.2 cm³/mol. The van der Waals surface area contributed by atoms with Crippen molar-refractivity contribution in [1.29, 1.82) is 0 Å². The SMILES string of the molecule is COc1cc(OC)c(NC(=O)CC(N)C(C)(C)C)cc1Cl. The molecule has 1 aromatic carbocycles. The van der Waals surface area contributed by atoms with E-state index in [0.29, 0.717) is 22.2 Å². The third kappa shape index (κ3) is 4.79. The van der Waals surface area contributed by atoms with Gasteiger partial charge in [0.1, 0.15) is 11.5 Å². The van der Waals surface area contributed by atoms with E-state index in [9.17, 15) is 4.79 Å². The Bertz CT molecular complexity index is 512. The molecule has 0 spiro atoms. The van der Waals surface area contributed by atoms with E-state index in [4.69, 9.17) is 26.8 Å². The molecule has 0 radical (unpaired) electrons. The van der Waals surface area contributed by atoms with Crippen molar-refractivity contribution in [3.8, 4) is 11.5 Å². The summed E-state index contributed by atoms with van der Waals surface area (Å²) in [6.07, 6.45) is 0.219. The molecule has 0 heterocycles. The van der Waals surface area contributed by atoms with Gasteiger partial charge in [-0.1, -0.05) is 32.4 Å². The molecule has 0 bridgehead atoms. The molecule has 1 rings (SSSR count). The molecule has 1 unspecified atom stereocenters. The Balaban J connectivity index is 2.87. The van der Waals surface area contributed by atoms with E-state index in [-0.39, 0.29) is 23.8 Å². The van der Waals surface area contributed by atoms with E-state index in [1.165, 1.54) is 14.2 Å². The number of amides is 1. The van der Waals surface area contributed by atoms with Gasteiger partial charge in [0.25, 0.3) is 0 Å². The van der Waals surface area contributed by atoms with E-state index in [1.54, 1.807) is 12.1 Å². The Morgan fingerprint density at radius 1 is 1.29 bits per heavy atom. The number of benzene rings is 1. The summed E-state index contributed by atoms with van der Waals surface area (Å²) >= 11 is 6.06. The Morgan fingerprint density at radius 3 is 2.33 bits per heavy atom. The molecule has 1 aromatic rings. The van der Waals surface area contributed by atoms with Crippen molar-refractivity contribution in [2.24, 2.45) is 11.1 Å². The first-order valence-corrected chi connectivity index (χ1v) is 7.03.